The predicted octanol–water partition coefficient (Wildman–Crippen LogP) is 3.13. The van der Waals surface area contributed by atoms with Crippen LogP contribution in [0.1, 0.15) is 54.4 Å². The summed E-state index contributed by atoms with van der Waals surface area (Å²) in [4.78, 5) is 13.5. The molecular weight excluding hydrogens is 288 g/mol. The van der Waals surface area contributed by atoms with Gasteiger partial charge in [-0.1, -0.05) is 25.0 Å². The Morgan fingerprint density at radius 2 is 1.74 bits per heavy atom. The Balaban J connectivity index is 1.37. The maximum atomic E-state index is 10.9. The van der Waals surface area contributed by atoms with Crippen LogP contribution in [0.25, 0.3) is 0 Å². The van der Waals surface area contributed by atoms with Crippen LogP contribution in [0.2, 0.25) is 0 Å². The normalized spacial score (nSPS) is 20.9. The first kappa shape index (κ1) is 16.5. The van der Waals surface area contributed by atoms with Gasteiger partial charge in [0.1, 0.15) is 0 Å². The van der Waals surface area contributed by atoms with Crippen LogP contribution in [-0.4, -0.2) is 41.7 Å². The average molecular weight is 316 g/mol. The van der Waals surface area contributed by atoms with Crippen LogP contribution in [-0.2, 0) is 6.54 Å². The zero-order valence-electron chi connectivity index (χ0n) is 13.8. The molecule has 23 heavy (non-hydrogen) atoms. The molecule has 2 fully saturated rings. The second-order valence-corrected chi connectivity index (χ2v) is 7.11. The number of hydrogen-bond acceptors (Lipinski definition) is 3. The van der Waals surface area contributed by atoms with Crippen molar-refractivity contribution in [3.63, 3.8) is 0 Å². The Morgan fingerprint density at radius 1 is 1.09 bits per heavy atom. The number of nitrogens with one attached hydrogen (secondary N) is 1. The lowest BCUT2D eigenvalue weighted by Crippen LogP contribution is -2.43. The molecule has 0 unspecified atom stereocenters. The fourth-order valence-electron chi connectivity index (χ4n) is 3.91. The molecule has 2 N–H and O–H groups in total. The minimum Gasteiger partial charge on any atom is -0.478 e. The van der Waals surface area contributed by atoms with Gasteiger partial charge in [0.05, 0.1) is 5.56 Å². The van der Waals surface area contributed by atoms with Crippen LogP contribution in [0.4, 0.5) is 0 Å². The van der Waals surface area contributed by atoms with E-state index in [9.17, 15) is 4.79 Å². The monoisotopic (exact) mass is 316 g/mol. The van der Waals surface area contributed by atoms with Crippen molar-refractivity contribution in [2.45, 2.75) is 51.1 Å². The average Bonchev–Trinajstić information content (AvgIpc) is 3.07. The second-order valence-electron chi connectivity index (χ2n) is 7.11. The Morgan fingerprint density at radius 3 is 2.35 bits per heavy atom. The van der Waals surface area contributed by atoms with E-state index in [-0.39, 0.29) is 0 Å². The number of piperidine rings is 1. The summed E-state index contributed by atoms with van der Waals surface area (Å²) in [5.41, 5.74) is 1.51. The molecule has 4 heteroatoms. The Labute approximate surface area is 138 Å². The number of benzene rings is 1. The van der Waals surface area contributed by atoms with Crippen LogP contribution in [0.3, 0.4) is 0 Å². The number of carbonyl (C=O) groups is 1. The van der Waals surface area contributed by atoms with Gasteiger partial charge in [-0.3, -0.25) is 0 Å². The highest BCUT2D eigenvalue weighted by molar-refractivity contribution is 5.87. The van der Waals surface area contributed by atoms with Crippen molar-refractivity contribution in [3.05, 3.63) is 35.4 Å². The van der Waals surface area contributed by atoms with E-state index >= 15 is 0 Å². The fraction of sp³-hybridized carbons (Fsp3) is 0.632. The number of likely N-dealkylation sites (tertiary alicyclic amines) is 1. The summed E-state index contributed by atoms with van der Waals surface area (Å²) in [5.74, 6) is 0.0893. The molecule has 0 aromatic heterocycles. The molecule has 0 radical (unpaired) electrons. The first-order valence-corrected chi connectivity index (χ1v) is 8.98. The van der Waals surface area contributed by atoms with Crippen LogP contribution in [0.15, 0.2) is 24.3 Å². The number of rotatable bonds is 6. The lowest BCUT2D eigenvalue weighted by atomic mass is 10.0. The SMILES string of the molecule is O=C(O)c1ccc(CNC2CCN(CC3CCCC3)CC2)cc1. The summed E-state index contributed by atoms with van der Waals surface area (Å²) in [6.45, 7) is 4.56. The maximum absolute atomic E-state index is 10.9. The molecule has 1 aromatic carbocycles. The Hall–Kier alpha value is -1.39. The molecule has 1 aromatic rings. The molecule has 126 valence electrons. The minimum absolute atomic E-state index is 0.356. The number of carboxylic acids is 1. The number of carboxylic acid groups (broad SMARTS) is 1. The molecule has 0 atom stereocenters. The van der Waals surface area contributed by atoms with E-state index in [4.69, 9.17) is 5.11 Å². The summed E-state index contributed by atoms with van der Waals surface area (Å²) in [6.07, 6.45) is 8.18. The number of hydrogen-bond donors (Lipinski definition) is 2. The molecule has 0 amide bonds. The third-order valence-electron chi connectivity index (χ3n) is 5.37. The zero-order chi connectivity index (χ0) is 16.1. The van der Waals surface area contributed by atoms with E-state index in [1.807, 2.05) is 12.1 Å². The van der Waals surface area contributed by atoms with E-state index in [0.29, 0.717) is 11.6 Å². The first-order chi connectivity index (χ1) is 11.2. The summed E-state index contributed by atoms with van der Waals surface area (Å²) in [7, 11) is 0. The van der Waals surface area contributed by atoms with E-state index in [0.717, 1.165) is 18.0 Å². The number of aromatic carboxylic acids is 1. The molecule has 0 bridgehead atoms. The fourth-order valence-corrected chi connectivity index (χ4v) is 3.91. The van der Waals surface area contributed by atoms with Crippen molar-refractivity contribution >= 4 is 5.97 Å². The molecule has 2 aliphatic rings. The van der Waals surface area contributed by atoms with Gasteiger partial charge in [0, 0.05) is 19.1 Å². The lowest BCUT2D eigenvalue weighted by molar-refractivity contribution is 0.0697. The van der Waals surface area contributed by atoms with Gasteiger partial charge < -0.3 is 15.3 Å². The third kappa shape index (κ3) is 4.79. The van der Waals surface area contributed by atoms with Gasteiger partial charge in [-0.05, 0) is 62.4 Å². The van der Waals surface area contributed by atoms with Crippen molar-refractivity contribution in [2.75, 3.05) is 19.6 Å². The summed E-state index contributed by atoms with van der Waals surface area (Å²) in [5, 5.41) is 12.5. The van der Waals surface area contributed by atoms with Crippen LogP contribution < -0.4 is 5.32 Å². The van der Waals surface area contributed by atoms with Gasteiger partial charge in [-0.25, -0.2) is 4.79 Å². The molecule has 3 rings (SSSR count). The van der Waals surface area contributed by atoms with Crippen molar-refractivity contribution in [3.8, 4) is 0 Å². The smallest absolute Gasteiger partial charge is 0.335 e. The third-order valence-corrected chi connectivity index (χ3v) is 5.37. The van der Waals surface area contributed by atoms with Crippen molar-refractivity contribution in [1.29, 1.82) is 0 Å². The Bertz CT molecular complexity index is 501. The molecule has 0 spiro atoms. The second kappa shape index (κ2) is 7.93. The topological polar surface area (TPSA) is 52.6 Å². The van der Waals surface area contributed by atoms with Crippen LogP contribution >= 0.6 is 0 Å². The summed E-state index contributed by atoms with van der Waals surface area (Å²) in [6, 6.07) is 7.78. The van der Waals surface area contributed by atoms with Gasteiger partial charge in [0.15, 0.2) is 0 Å². The van der Waals surface area contributed by atoms with Gasteiger partial charge in [0.25, 0.3) is 0 Å². The van der Waals surface area contributed by atoms with E-state index < -0.39 is 5.97 Å². The van der Waals surface area contributed by atoms with Crippen LogP contribution in [0.5, 0.6) is 0 Å². The van der Waals surface area contributed by atoms with E-state index in [1.165, 1.54) is 58.2 Å². The summed E-state index contributed by atoms with van der Waals surface area (Å²) >= 11 is 0. The largest absolute Gasteiger partial charge is 0.478 e. The standard InChI is InChI=1S/C19H28N2O2/c22-19(23)17-7-5-15(6-8-17)13-20-18-9-11-21(12-10-18)14-16-3-1-2-4-16/h5-8,16,18,20H,1-4,9-14H2,(H,22,23). The molecule has 1 aliphatic heterocycles. The van der Waals surface area contributed by atoms with Crippen molar-refractivity contribution in [1.82, 2.24) is 10.2 Å². The highest BCUT2D eigenvalue weighted by Crippen LogP contribution is 2.26. The molecule has 1 aliphatic carbocycles. The zero-order valence-corrected chi connectivity index (χ0v) is 13.8. The molecular formula is C19H28N2O2. The Kier molecular flexibility index (Phi) is 5.68. The van der Waals surface area contributed by atoms with Gasteiger partial charge >= 0.3 is 5.97 Å². The van der Waals surface area contributed by atoms with Gasteiger partial charge in [-0.15, -0.1) is 0 Å². The molecule has 4 nitrogen and oxygen atoms in total. The predicted molar refractivity (Wildman–Crippen MR) is 91.7 cm³/mol. The van der Waals surface area contributed by atoms with E-state index in [1.54, 1.807) is 12.1 Å². The van der Waals surface area contributed by atoms with Gasteiger partial charge in [-0.2, -0.15) is 0 Å². The van der Waals surface area contributed by atoms with Crippen molar-refractivity contribution < 1.29 is 9.90 Å². The highest BCUT2D eigenvalue weighted by atomic mass is 16.4. The van der Waals surface area contributed by atoms with E-state index in [2.05, 4.69) is 10.2 Å². The van der Waals surface area contributed by atoms with Gasteiger partial charge in [0.2, 0.25) is 0 Å². The number of nitrogens with zero attached hydrogens (tertiary/aromatic N) is 1. The van der Waals surface area contributed by atoms with Crippen LogP contribution in [0, 0.1) is 5.92 Å². The van der Waals surface area contributed by atoms with Crippen molar-refractivity contribution in [2.24, 2.45) is 5.92 Å². The quantitative estimate of drug-likeness (QED) is 0.846. The molecule has 1 saturated heterocycles. The molecule has 1 heterocycles. The first-order valence-electron chi connectivity index (χ1n) is 8.98. The minimum atomic E-state index is -0.862. The lowest BCUT2D eigenvalue weighted by Gasteiger charge is -2.34. The molecule has 1 saturated carbocycles. The maximum Gasteiger partial charge on any atom is 0.335 e. The summed E-state index contributed by atoms with van der Waals surface area (Å²) < 4.78 is 0. The highest BCUT2D eigenvalue weighted by Gasteiger charge is 2.23.